The highest BCUT2D eigenvalue weighted by Crippen LogP contribution is 2.54. The smallest absolute Gasteiger partial charge is 0.310 e. The summed E-state index contributed by atoms with van der Waals surface area (Å²) in [5, 5.41) is 19.3. The van der Waals surface area contributed by atoms with Crippen LogP contribution in [0.4, 0.5) is 0 Å². The Kier molecular flexibility index (Phi) is 3.46. The molecule has 2 rings (SSSR count). The fraction of sp³-hybridized carbons (Fsp3) is 0.923. The molecule has 17 heavy (non-hydrogen) atoms. The van der Waals surface area contributed by atoms with Gasteiger partial charge in [-0.25, -0.2) is 0 Å². The van der Waals surface area contributed by atoms with Gasteiger partial charge in [-0.3, -0.25) is 4.79 Å². The predicted octanol–water partition coefficient (Wildman–Crippen LogP) is 1.81. The quantitative estimate of drug-likeness (QED) is 0.775. The number of carbonyl (C=O) groups is 1. The Balaban J connectivity index is 2.24. The summed E-state index contributed by atoms with van der Waals surface area (Å²) < 4.78 is 5.36. The summed E-state index contributed by atoms with van der Waals surface area (Å²) in [5.41, 5.74) is -0.840. The number of carboxylic acids is 1. The number of rotatable bonds is 2. The van der Waals surface area contributed by atoms with E-state index in [0.717, 1.165) is 12.8 Å². The molecule has 2 N–H and O–H groups in total. The van der Waals surface area contributed by atoms with Crippen LogP contribution in [0.25, 0.3) is 0 Å². The van der Waals surface area contributed by atoms with Crippen LogP contribution in [-0.2, 0) is 9.53 Å². The van der Waals surface area contributed by atoms with Crippen molar-refractivity contribution in [2.45, 2.75) is 51.6 Å². The minimum absolute atomic E-state index is 0.183. The molecule has 0 aromatic rings. The number of carboxylic acid groups (broad SMARTS) is 1. The lowest BCUT2D eigenvalue weighted by Gasteiger charge is -2.50. The van der Waals surface area contributed by atoms with Crippen molar-refractivity contribution in [3.8, 4) is 0 Å². The molecule has 2 fully saturated rings. The first-order chi connectivity index (χ1) is 8.00. The van der Waals surface area contributed by atoms with Gasteiger partial charge in [0.1, 0.15) is 0 Å². The van der Waals surface area contributed by atoms with Crippen molar-refractivity contribution in [3.63, 3.8) is 0 Å². The number of aliphatic hydroxyl groups excluding tert-OH is 1. The van der Waals surface area contributed by atoms with Gasteiger partial charge in [0.15, 0.2) is 0 Å². The summed E-state index contributed by atoms with van der Waals surface area (Å²) >= 11 is 0. The molecular weight excluding hydrogens is 220 g/mol. The molecule has 0 aromatic heterocycles. The third-order valence-corrected chi connectivity index (χ3v) is 4.97. The fourth-order valence-electron chi connectivity index (χ4n) is 3.47. The highest BCUT2D eigenvalue weighted by molar-refractivity contribution is 5.76. The second kappa shape index (κ2) is 4.58. The Morgan fingerprint density at radius 1 is 1.18 bits per heavy atom. The maximum absolute atomic E-state index is 11.8. The average Bonchev–Trinajstić information content (AvgIpc) is 2.30. The van der Waals surface area contributed by atoms with Crippen LogP contribution in [0, 0.1) is 10.8 Å². The number of hydrogen-bond donors (Lipinski definition) is 2. The van der Waals surface area contributed by atoms with Gasteiger partial charge in [-0.15, -0.1) is 0 Å². The molecule has 1 heterocycles. The van der Waals surface area contributed by atoms with Crippen molar-refractivity contribution in [2.75, 3.05) is 13.2 Å². The van der Waals surface area contributed by atoms with Crippen molar-refractivity contribution in [3.05, 3.63) is 0 Å². The second-order valence-electron chi connectivity index (χ2n) is 5.79. The van der Waals surface area contributed by atoms with Crippen LogP contribution >= 0.6 is 0 Å². The van der Waals surface area contributed by atoms with Gasteiger partial charge in [-0.1, -0.05) is 6.92 Å². The number of ether oxygens (including phenoxy) is 1. The fourth-order valence-corrected chi connectivity index (χ4v) is 3.47. The van der Waals surface area contributed by atoms with Gasteiger partial charge in [0.05, 0.1) is 11.5 Å². The second-order valence-corrected chi connectivity index (χ2v) is 5.79. The highest BCUT2D eigenvalue weighted by Gasteiger charge is 2.55. The van der Waals surface area contributed by atoms with Gasteiger partial charge >= 0.3 is 5.97 Å². The van der Waals surface area contributed by atoms with E-state index in [-0.39, 0.29) is 11.5 Å². The third-order valence-electron chi connectivity index (χ3n) is 4.97. The molecule has 0 amide bonds. The maximum atomic E-state index is 11.8. The maximum Gasteiger partial charge on any atom is 0.310 e. The van der Waals surface area contributed by atoms with Gasteiger partial charge in [0, 0.05) is 13.2 Å². The zero-order chi connectivity index (χ0) is 12.5. The summed E-state index contributed by atoms with van der Waals surface area (Å²) in [6.07, 6.45) is 3.74. The van der Waals surface area contributed by atoms with Crippen molar-refractivity contribution in [1.29, 1.82) is 0 Å². The van der Waals surface area contributed by atoms with E-state index in [1.807, 2.05) is 0 Å². The Bertz CT molecular complexity index is 286. The molecular formula is C13H22O4. The van der Waals surface area contributed by atoms with Gasteiger partial charge in [-0.05, 0) is 43.9 Å². The first-order valence-corrected chi connectivity index (χ1v) is 6.49. The molecule has 1 aliphatic heterocycles. The summed E-state index contributed by atoms with van der Waals surface area (Å²) in [7, 11) is 0. The van der Waals surface area contributed by atoms with Gasteiger partial charge < -0.3 is 14.9 Å². The summed E-state index contributed by atoms with van der Waals surface area (Å²) in [6.45, 7) is 3.41. The lowest BCUT2D eigenvalue weighted by Crippen LogP contribution is -2.51. The molecule has 0 spiro atoms. The average molecular weight is 242 g/mol. The van der Waals surface area contributed by atoms with Gasteiger partial charge in [0.25, 0.3) is 0 Å². The lowest BCUT2D eigenvalue weighted by atomic mass is 9.54. The van der Waals surface area contributed by atoms with Crippen LogP contribution in [0.15, 0.2) is 0 Å². The van der Waals surface area contributed by atoms with Gasteiger partial charge in [-0.2, -0.15) is 0 Å². The van der Waals surface area contributed by atoms with E-state index in [4.69, 9.17) is 4.74 Å². The highest BCUT2D eigenvalue weighted by atomic mass is 16.5. The Labute approximate surface area is 102 Å². The summed E-state index contributed by atoms with van der Waals surface area (Å²) in [6, 6.07) is 0. The standard InChI is InChI=1S/C13H22O4/c1-12(6-8-17-9-7-12)13(11(15)16)4-2-10(14)3-5-13/h10,14H,2-9H2,1H3,(H,15,16). The number of aliphatic carboxylic acids is 1. The molecule has 0 bridgehead atoms. The van der Waals surface area contributed by atoms with Crippen molar-refractivity contribution in [2.24, 2.45) is 10.8 Å². The Hall–Kier alpha value is -0.610. The van der Waals surface area contributed by atoms with Crippen LogP contribution in [0.1, 0.15) is 45.4 Å². The molecule has 0 aromatic carbocycles. The SMILES string of the molecule is CC1(C2(C(=O)O)CCC(O)CC2)CCOCC1. The van der Waals surface area contributed by atoms with E-state index in [9.17, 15) is 15.0 Å². The molecule has 0 atom stereocenters. The van der Waals surface area contributed by atoms with Crippen molar-refractivity contribution < 1.29 is 19.7 Å². The van der Waals surface area contributed by atoms with E-state index < -0.39 is 11.4 Å². The summed E-state index contributed by atoms with van der Waals surface area (Å²) in [5.74, 6) is -0.686. The zero-order valence-electron chi connectivity index (χ0n) is 10.4. The minimum Gasteiger partial charge on any atom is -0.481 e. The van der Waals surface area contributed by atoms with Crippen molar-refractivity contribution in [1.82, 2.24) is 0 Å². The van der Waals surface area contributed by atoms with E-state index in [0.29, 0.717) is 38.9 Å². The zero-order valence-corrected chi connectivity index (χ0v) is 10.4. The van der Waals surface area contributed by atoms with Crippen LogP contribution in [0.5, 0.6) is 0 Å². The summed E-state index contributed by atoms with van der Waals surface area (Å²) in [4.78, 5) is 11.8. The molecule has 0 unspecified atom stereocenters. The third kappa shape index (κ3) is 2.08. The van der Waals surface area contributed by atoms with E-state index in [2.05, 4.69) is 6.92 Å². The van der Waals surface area contributed by atoms with Crippen LogP contribution in [0.2, 0.25) is 0 Å². The Morgan fingerprint density at radius 3 is 2.18 bits per heavy atom. The van der Waals surface area contributed by atoms with Crippen molar-refractivity contribution >= 4 is 5.97 Å². The van der Waals surface area contributed by atoms with E-state index in [1.165, 1.54) is 0 Å². The monoisotopic (exact) mass is 242 g/mol. The topological polar surface area (TPSA) is 66.8 Å². The van der Waals surface area contributed by atoms with E-state index >= 15 is 0 Å². The first kappa shape index (κ1) is 12.8. The minimum atomic E-state index is -0.686. The molecule has 0 radical (unpaired) electrons. The molecule has 4 heteroatoms. The molecule has 1 aliphatic carbocycles. The van der Waals surface area contributed by atoms with Crippen LogP contribution in [0.3, 0.4) is 0 Å². The van der Waals surface area contributed by atoms with Gasteiger partial charge in [0.2, 0.25) is 0 Å². The van der Waals surface area contributed by atoms with Crippen LogP contribution in [-0.4, -0.2) is 35.5 Å². The number of hydrogen-bond acceptors (Lipinski definition) is 3. The lowest BCUT2D eigenvalue weighted by molar-refractivity contribution is -0.170. The molecule has 2 aliphatic rings. The normalized spacial score (nSPS) is 37.6. The molecule has 1 saturated heterocycles. The largest absolute Gasteiger partial charge is 0.481 e. The molecule has 4 nitrogen and oxygen atoms in total. The van der Waals surface area contributed by atoms with E-state index in [1.54, 1.807) is 0 Å². The molecule has 98 valence electrons. The first-order valence-electron chi connectivity index (χ1n) is 6.49. The Morgan fingerprint density at radius 2 is 1.71 bits per heavy atom. The molecule has 1 saturated carbocycles. The number of aliphatic hydroxyl groups is 1. The predicted molar refractivity (Wildman–Crippen MR) is 62.7 cm³/mol. The van der Waals surface area contributed by atoms with Crippen LogP contribution < -0.4 is 0 Å².